The zero-order valence-corrected chi connectivity index (χ0v) is 11.9. The molecule has 1 aromatic heterocycles. The van der Waals surface area contributed by atoms with Gasteiger partial charge in [-0.05, 0) is 37.3 Å². The van der Waals surface area contributed by atoms with Gasteiger partial charge in [0.25, 0.3) is 0 Å². The number of hydrogen-bond donors (Lipinski definition) is 1. The largest absolute Gasteiger partial charge is 0.478 e. The minimum atomic E-state index is -0.921. The topological polar surface area (TPSA) is 53.4 Å². The van der Waals surface area contributed by atoms with Gasteiger partial charge in [0.1, 0.15) is 5.82 Å². The highest BCUT2D eigenvalue weighted by Gasteiger charge is 2.26. The molecule has 1 saturated carbocycles. The average molecular weight is 262 g/mol. The van der Waals surface area contributed by atoms with E-state index in [1.165, 1.54) is 31.9 Å². The first-order valence-corrected chi connectivity index (χ1v) is 6.93. The number of hydrogen-bond acceptors (Lipinski definition) is 3. The molecular weight excluding hydrogens is 240 g/mol. The fraction of sp³-hybridized carbons (Fsp3) is 0.600. The lowest BCUT2D eigenvalue weighted by molar-refractivity contribution is 0.0696. The van der Waals surface area contributed by atoms with E-state index < -0.39 is 5.97 Å². The Labute approximate surface area is 114 Å². The maximum absolute atomic E-state index is 10.9. The summed E-state index contributed by atoms with van der Waals surface area (Å²) in [5, 5.41) is 8.98. The molecule has 0 aliphatic heterocycles. The van der Waals surface area contributed by atoms with Crippen molar-refractivity contribution >= 4 is 11.8 Å². The van der Waals surface area contributed by atoms with E-state index in [0.717, 1.165) is 11.4 Å². The minimum Gasteiger partial charge on any atom is -0.478 e. The number of pyridine rings is 1. The van der Waals surface area contributed by atoms with Crippen molar-refractivity contribution < 1.29 is 9.90 Å². The smallest absolute Gasteiger partial charge is 0.337 e. The van der Waals surface area contributed by atoms with Crippen LogP contribution in [0.25, 0.3) is 0 Å². The molecule has 1 fully saturated rings. The van der Waals surface area contributed by atoms with Crippen LogP contribution in [-0.2, 0) is 0 Å². The molecule has 0 amide bonds. The molecule has 0 aromatic carbocycles. The van der Waals surface area contributed by atoms with Crippen LogP contribution in [0.5, 0.6) is 0 Å². The summed E-state index contributed by atoms with van der Waals surface area (Å²) < 4.78 is 0. The van der Waals surface area contributed by atoms with Crippen molar-refractivity contribution in [1.82, 2.24) is 4.98 Å². The van der Waals surface area contributed by atoms with E-state index >= 15 is 0 Å². The first-order chi connectivity index (χ1) is 9.00. The van der Waals surface area contributed by atoms with E-state index in [2.05, 4.69) is 23.9 Å². The highest BCUT2D eigenvalue weighted by Crippen LogP contribution is 2.30. The third kappa shape index (κ3) is 2.88. The summed E-state index contributed by atoms with van der Waals surface area (Å²) in [5.41, 5.74) is 1.19. The number of aromatic carboxylic acids is 1. The summed E-state index contributed by atoms with van der Waals surface area (Å²) in [6.07, 6.45) is 6.50. The van der Waals surface area contributed by atoms with Gasteiger partial charge in [-0.3, -0.25) is 0 Å². The number of anilines is 1. The Morgan fingerprint density at radius 3 is 2.68 bits per heavy atom. The molecule has 1 aliphatic rings. The second kappa shape index (κ2) is 5.59. The molecule has 1 aromatic rings. The van der Waals surface area contributed by atoms with Gasteiger partial charge in [0.2, 0.25) is 0 Å². The lowest BCUT2D eigenvalue weighted by Gasteiger charge is -2.37. The molecule has 0 spiro atoms. The first-order valence-electron chi connectivity index (χ1n) is 6.93. The Kier molecular flexibility index (Phi) is 4.08. The van der Waals surface area contributed by atoms with Crippen molar-refractivity contribution in [3.05, 3.63) is 23.4 Å². The molecule has 0 bridgehead atoms. The van der Waals surface area contributed by atoms with Crippen molar-refractivity contribution in [2.45, 2.75) is 45.6 Å². The Morgan fingerprint density at radius 2 is 2.11 bits per heavy atom. The molecule has 1 aliphatic carbocycles. The van der Waals surface area contributed by atoms with Crippen LogP contribution in [0.2, 0.25) is 0 Å². The van der Waals surface area contributed by atoms with Gasteiger partial charge < -0.3 is 10.0 Å². The number of carboxylic acids is 1. The lowest BCUT2D eigenvalue weighted by atomic mass is 9.85. The van der Waals surface area contributed by atoms with E-state index in [4.69, 9.17) is 5.11 Å². The van der Waals surface area contributed by atoms with Crippen LogP contribution < -0.4 is 4.90 Å². The molecular formula is C15H22N2O2. The van der Waals surface area contributed by atoms with Crippen LogP contribution >= 0.6 is 0 Å². The number of aryl methyl sites for hydroxylation is 1. The Hall–Kier alpha value is -1.58. The molecule has 2 unspecified atom stereocenters. The lowest BCUT2D eigenvalue weighted by Crippen LogP contribution is -2.39. The van der Waals surface area contributed by atoms with Crippen LogP contribution in [0.4, 0.5) is 5.82 Å². The Morgan fingerprint density at radius 1 is 1.42 bits per heavy atom. The van der Waals surface area contributed by atoms with Crippen molar-refractivity contribution in [2.75, 3.05) is 11.9 Å². The van der Waals surface area contributed by atoms with Crippen LogP contribution in [0, 0.1) is 12.8 Å². The Bertz CT molecular complexity index is 473. The predicted molar refractivity (Wildman–Crippen MR) is 75.8 cm³/mol. The highest BCUT2D eigenvalue weighted by atomic mass is 16.4. The zero-order chi connectivity index (χ0) is 14.0. The van der Waals surface area contributed by atoms with Crippen LogP contribution in [-0.4, -0.2) is 29.1 Å². The van der Waals surface area contributed by atoms with E-state index in [0.29, 0.717) is 12.0 Å². The second-order valence-electron chi connectivity index (χ2n) is 5.61. The quantitative estimate of drug-likeness (QED) is 0.909. The number of carboxylic acid groups (broad SMARTS) is 1. The van der Waals surface area contributed by atoms with Crippen molar-refractivity contribution in [2.24, 2.45) is 5.92 Å². The molecule has 104 valence electrons. The molecule has 1 N–H and O–H groups in total. The van der Waals surface area contributed by atoms with Gasteiger partial charge in [-0.25, -0.2) is 9.78 Å². The van der Waals surface area contributed by atoms with Gasteiger partial charge in [0.15, 0.2) is 0 Å². The van der Waals surface area contributed by atoms with Crippen molar-refractivity contribution in [1.29, 1.82) is 0 Å². The molecule has 0 saturated heterocycles. The third-order valence-electron chi connectivity index (χ3n) is 4.20. The van der Waals surface area contributed by atoms with Crippen LogP contribution in [0.15, 0.2) is 12.3 Å². The molecule has 0 radical (unpaired) electrons. The first kappa shape index (κ1) is 13.8. The normalized spacial score (nSPS) is 23.1. The average Bonchev–Trinajstić information content (AvgIpc) is 2.38. The van der Waals surface area contributed by atoms with Gasteiger partial charge in [-0.15, -0.1) is 0 Å². The second-order valence-corrected chi connectivity index (χ2v) is 5.61. The molecule has 1 heterocycles. The maximum atomic E-state index is 10.9. The molecule has 19 heavy (non-hydrogen) atoms. The molecule has 2 rings (SSSR count). The monoisotopic (exact) mass is 262 g/mol. The van der Waals surface area contributed by atoms with Gasteiger partial charge >= 0.3 is 5.97 Å². The van der Waals surface area contributed by atoms with Crippen LogP contribution in [0.3, 0.4) is 0 Å². The number of aromatic nitrogens is 1. The maximum Gasteiger partial charge on any atom is 0.337 e. The fourth-order valence-corrected chi connectivity index (χ4v) is 3.08. The van der Waals surface area contributed by atoms with E-state index in [9.17, 15) is 4.79 Å². The SMILES string of the molecule is Cc1cc(C(=O)O)cnc1N(C)C1CCCCC1C. The molecule has 4 nitrogen and oxygen atoms in total. The van der Waals surface area contributed by atoms with E-state index in [-0.39, 0.29) is 5.56 Å². The Balaban J connectivity index is 2.23. The number of nitrogens with zero attached hydrogens (tertiary/aromatic N) is 2. The molecule has 2 atom stereocenters. The highest BCUT2D eigenvalue weighted by molar-refractivity contribution is 5.87. The van der Waals surface area contributed by atoms with E-state index in [1.807, 2.05) is 6.92 Å². The summed E-state index contributed by atoms with van der Waals surface area (Å²) in [4.78, 5) is 17.5. The van der Waals surface area contributed by atoms with Gasteiger partial charge in [0, 0.05) is 19.3 Å². The summed E-state index contributed by atoms with van der Waals surface area (Å²) in [6.45, 7) is 4.22. The van der Waals surface area contributed by atoms with Crippen molar-refractivity contribution in [3.8, 4) is 0 Å². The standard InChI is InChI=1S/C15H22N2O2/c1-10-6-4-5-7-13(10)17(3)14-11(2)8-12(9-16-14)15(18)19/h8-10,13H,4-7H2,1-3H3,(H,18,19). The summed E-state index contributed by atoms with van der Waals surface area (Å²) >= 11 is 0. The third-order valence-corrected chi connectivity index (χ3v) is 4.20. The van der Waals surface area contributed by atoms with Crippen LogP contribution in [0.1, 0.15) is 48.5 Å². The fourth-order valence-electron chi connectivity index (χ4n) is 3.08. The number of rotatable bonds is 3. The predicted octanol–water partition coefficient (Wildman–Crippen LogP) is 3.10. The van der Waals surface area contributed by atoms with Crippen molar-refractivity contribution in [3.63, 3.8) is 0 Å². The van der Waals surface area contributed by atoms with E-state index in [1.54, 1.807) is 6.07 Å². The summed E-state index contributed by atoms with van der Waals surface area (Å²) in [6, 6.07) is 2.21. The zero-order valence-electron chi connectivity index (χ0n) is 11.9. The van der Waals surface area contributed by atoms with Gasteiger partial charge in [0.05, 0.1) is 5.56 Å². The minimum absolute atomic E-state index is 0.256. The summed E-state index contributed by atoms with van der Waals surface area (Å²) in [5.74, 6) is 0.652. The van der Waals surface area contributed by atoms with Gasteiger partial charge in [-0.2, -0.15) is 0 Å². The summed E-state index contributed by atoms with van der Waals surface area (Å²) in [7, 11) is 2.07. The van der Waals surface area contributed by atoms with Gasteiger partial charge in [-0.1, -0.05) is 19.8 Å². The molecule has 4 heteroatoms. The number of carbonyl (C=O) groups is 1.